The first-order valence-corrected chi connectivity index (χ1v) is 10.1. The van der Waals surface area contributed by atoms with E-state index in [1.165, 1.54) is 11.3 Å². The smallest absolute Gasteiger partial charge is 0.344 e. The molecule has 0 saturated heterocycles. The minimum atomic E-state index is -0.682. The summed E-state index contributed by atoms with van der Waals surface area (Å²) in [7, 11) is 0. The first kappa shape index (κ1) is 20.2. The lowest BCUT2D eigenvalue weighted by Gasteiger charge is -2.09. The van der Waals surface area contributed by atoms with Gasteiger partial charge in [0.15, 0.2) is 13.2 Å². The second-order valence-electron chi connectivity index (χ2n) is 6.46. The highest BCUT2D eigenvalue weighted by molar-refractivity contribution is 7.16. The van der Waals surface area contributed by atoms with E-state index in [4.69, 9.17) is 21.1 Å². The van der Waals surface area contributed by atoms with Crippen LogP contribution < -0.4 is 10.1 Å². The van der Waals surface area contributed by atoms with Crippen molar-refractivity contribution in [2.24, 2.45) is 0 Å². The molecule has 0 saturated carbocycles. The molecule has 8 heteroatoms. The summed E-state index contributed by atoms with van der Waals surface area (Å²) in [5.41, 5.74) is 2.50. The molecule has 0 spiro atoms. The number of carbonyl (C=O) groups is 2. The van der Waals surface area contributed by atoms with Crippen LogP contribution in [0.1, 0.15) is 34.4 Å². The largest absolute Gasteiger partial charge is 0.480 e. The number of thiophene rings is 1. The molecule has 1 amide bonds. The lowest BCUT2D eigenvalue weighted by Crippen LogP contribution is -2.23. The molecule has 0 atom stereocenters. The molecule has 1 aliphatic carbocycles. The number of ether oxygens (including phenoxy) is 2. The maximum atomic E-state index is 12.1. The molecular weight excluding hydrogens is 400 g/mol. The van der Waals surface area contributed by atoms with Gasteiger partial charge in [-0.15, -0.1) is 11.3 Å². The van der Waals surface area contributed by atoms with E-state index in [9.17, 15) is 14.9 Å². The summed E-state index contributed by atoms with van der Waals surface area (Å²) in [5.74, 6) is -0.790. The van der Waals surface area contributed by atoms with Gasteiger partial charge in [0.05, 0.1) is 10.6 Å². The number of hydrogen-bond acceptors (Lipinski definition) is 6. The zero-order valence-electron chi connectivity index (χ0n) is 15.3. The highest BCUT2D eigenvalue weighted by atomic mass is 35.5. The number of nitrogens with zero attached hydrogens (tertiary/aromatic N) is 1. The maximum absolute atomic E-state index is 12.1. The van der Waals surface area contributed by atoms with Gasteiger partial charge in [0.25, 0.3) is 5.91 Å². The van der Waals surface area contributed by atoms with Gasteiger partial charge in [0, 0.05) is 4.88 Å². The number of rotatable bonds is 6. The van der Waals surface area contributed by atoms with E-state index in [2.05, 4.69) is 11.4 Å². The normalized spacial score (nSPS) is 12.6. The number of nitriles is 1. The molecule has 1 N–H and O–H groups in total. The standard InChI is InChI=1S/C20H19ClN2O4S/c1-12-6-7-15(21)16(8-12)26-11-19(25)27-10-18(24)23-20-14(9-22)13-4-2-3-5-17(13)28-20/h6-8H,2-5,10-11H2,1H3,(H,23,24). The van der Waals surface area contributed by atoms with Crippen LogP contribution in [0.4, 0.5) is 5.00 Å². The van der Waals surface area contributed by atoms with Gasteiger partial charge >= 0.3 is 5.97 Å². The molecule has 6 nitrogen and oxygen atoms in total. The van der Waals surface area contributed by atoms with E-state index in [1.807, 2.05) is 13.0 Å². The van der Waals surface area contributed by atoms with Crippen LogP contribution in [0, 0.1) is 18.3 Å². The van der Waals surface area contributed by atoms with Gasteiger partial charge < -0.3 is 14.8 Å². The van der Waals surface area contributed by atoms with Crippen LogP contribution in [0.25, 0.3) is 0 Å². The van der Waals surface area contributed by atoms with Gasteiger partial charge in [0.2, 0.25) is 0 Å². The molecule has 1 aliphatic rings. The zero-order chi connectivity index (χ0) is 20.1. The van der Waals surface area contributed by atoms with Gasteiger partial charge in [0.1, 0.15) is 16.8 Å². The van der Waals surface area contributed by atoms with Crippen molar-refractivity contribution < 1.29 is 19.1 Å². The number of nitrogens with one attached hydrogen (secondary N) is 1. The topological polar surface area (TPSA) is 88.4 Å². The molecular formula is C20H19ClN2O4S. The highest BCUT2D eigenvalue weighted by Crippen LogP contribution is 2.37. The Kier molecular flexibility index (Phi) is 6.55. The highest BCUT2D eigenvalue weighted by Gasteiger charge is 2.22. The quantitative estimate of drug-likeness (QED) is 0.715. The van der Waals surface area contributed by atoms with Crippen LogP contribution in [-0.2, 0) is 27.2 Å². The Morgan fingerprint density at radius 2 is 2.07 bits per heavy atom. The van der Waals surface area contributed by atoms with E-state index < -0.39 is 18.5 Å². The monoisotopic (exact) mass is 418 g/mol. The molecule has 0 fully saturated rings. The first-order chi connectivity index (χ1) is 13.5. The first-order valence-electron chi connectivity index (χ1n) is 8.87. The van der Waals surface area contributed by atoms with Gasteiger partial charge in [-0.2, -0.15) is 5.26 Å². The molecule has 28 heavy (non-hydrogen) atoms. The van der Waals surface area contributed by atoms with Crippen molar-refractivity contribution in [1.82, 2.24) is 0 Å². The molecule has 3 rings (SSSR count). The van der Waals surface area contributed by atoms with Crippen molar-refractivity contribution in [3.8, 4) is 11.8 Å². The van der Waals surface area contributed by atoms with Crippen molar-refractivity contribution in [1.29, 1.82) is 5.26 Å². The molecule has 0 bridgehead atoms. The molecule has 0 unspecified atom stereocenters. The summed E-state index contributed by atoms with van der Waals surface area (Å²) >= 11 is 7.43. The number of halogens is 1. The second-order valence-corrected chi connectivity index (χ2v) is 7.97. The number of aryl methyl sites for hydroxylation is 2. The molecule has 1 aromatic carbocycles. The number of benzene rings is 1. The Morgan fingerprint density at radius 1 is 1.29 bits per heavy atom. The third kappa shape index (κ3) is 4.83. The Bertz CT molecular complexity index is 948. The third-order valence-corrected chi connectivity index (χ3v) is 5.85. The van der Waals surface area contributed by atoms with Gasteiger partial charge in [-0.1, -0.05) is 17.7 Å². The Hall–Kier alpha value is -2.56. The molecule has 0 aliphatic heterocycles. The Balaban J connectivity index is 1.50. The van der Waals surface area contributed by atoms with Crippen LogP contribution in [0.3, 0.4) is 0 Å². The summed E-state index contributed by atoms with van der Waals surface area (Å²) in [6.45, 7) is 1.08. The summed E-state index contributed by atoms with van der Waals surface area (Å²) < 4.78 is 10.3. The summed E-state index contributed by atoms with van der Waals surface area (Å²) in [6.07, 6.45) is 3.93. The van der Waals surface area contributed by atoms with Crippen LogP contribution in [0.15, 0.2) is 18.2 Å². The van der Waals surface area contributed by atoms with E-state index in [1.54, 1.807) is 12.1 Å². The fourth-order valence-corrected chi connectivity index (χ4v) is 4.41. The van der Waals surface area contributed by atoms with Crippen LogP contribution in [0.2, 0.25) is 5.02 Å². The zero-order valence-corrected chi connectivity index (χ0v) is 16.9. The van der Waals surface area contributed by atoms with Gasteiger partial charge in [-0.05, 0) is 55.9 Å². The van der Waals surface area contributed by atoms with Crippen LogP contribution >= 0.6 is 22.9 Å². The van der Waals surface area contributed by atoms with Crippen molar-refractivity contribution in [3.63, 3.8) is 0 Å². The molecule has 2 aromatic rings. The lowest BCUT2D eigenvalue weighted by atomic mass is 9.96. The molecule has 0 radical (unpaired) electrons. The van der Waals surface area contributed by atoms with Crippen molar-refractivity contribution in [2.45, 2.75) is 32.6 Å². The number of esters is 1. The summed E-state index contributed by atoms with van der Waals surface area (Å²) in [5, 5.41) is 13.0. The van der Waals surface area contributed by atoms with Crippen LogP contribution in [0.5, 0.6) is 5.75 Å². The number of carbonyl (C=O) groups excluding carboxylic acids is 2. The van der Waals surface area contributed by atoms with Crippen molar-refractivity contribution >= 4 is 39.8 Å². The SMILES string of the molecule is Cc1ccc(Cl)c(OCC(=O)OCC(=O)Nc2sc3c(c2C#N)CCCC3)c1. The average molecular weight is 419 g/mol. The van der Waals surface area contributed by atoms with Gasteiger partial charge in [-0.3, -0.25) is 4.79 Å². The van der Waals surface area contributed by atoms with Crippen molar-refractivity contribution in [2.75, 3.05) is 18.5 Å². The molecule has 1 aromatic heterocycles. The van der Waals surface area contributed by atoms with E-state index in [-0.39, 0.29) is 6.61 Å². The fourth-order valence-electron chi connectivity index (χ4n) is 2.98. The van der Waals surface area contributed by atoms with E-state index in [0.29, 0.717) is 21.3 Å². The van der Waals surface area contributed by atoms with E-state index in [0.717, 1.165) is 41.7 Å². The lowest BCUT2D eigenvalue weighted by molar-refractivity contribution is -0.149. The minimum Gasteiger partial charge on any atom is -0.480 e. The Labute approximate surface area is 172 Å². The number of amides is 1. The summed E-state index contributed by atoms with van der Waals surface area (Å²) in [4.78, 5) is 25.1. The van der Waals surface area contributed by atoms with Crippen LogP contribution in [-0.4, -0.2) is 25.1 Å². The van der Waals surface area contributed by atoms with E-state index >= 15 is 0 Å². The second kappa shape index (κ2) is 9.09. The summed E-state index contributed by atoms with van der Waals surface area (Å²) in [6, 6.07) is 7.40. The van der Waals surface area contributed by atoms with Gasteiger partial charge in [-0.25, -0.2) is 4.79 Å². The number of hydrogen-bond donors (Lipinski definition) is 1. The average Bonchev–Trinajstić information content (AvgIpc) is 3.03. The predicted molar refractivity (Wildman–Crippen MR) is 107 cm³/mol. The maximum Gasteiger partial charge on any atom is 0.344 e. The predicted octanol–water partition coefficient (Wildman–Crippen LogP) is 4.02. The minimum absolute atomic E-state index is 0.354. The third-order valence-electron chi connectivity index (χ3n) is 4.33. The molecule has 1 heterocycles. The number of fused-ring (bicyclic) bond motifs is 1. The molecule has 146 valence electrons. The number of anilines is 1. The Morgan fingerprint density at radius 3 is 2.86 bits per heavy atom. The fraction of sp³-hybridized carbons (Fsp3) is 0.350. The van der Waals surface area contributed by atoms with Crippen molar-refractivity contribution in [3.05, 3.63) is 44.8 Å².